The number of nitrogens with zero attached hydrogens (tertiary/aromatic N) is 2. The van der Waals surface area contributed by atoms with E-state index in [4.69, 9.17) is 10.5 Å². The van der Waals surface area contributed by atoms with E-state index in [2.05, 4.69) is 15.3 Å². The molecule has 0 aliphatic carbocycles. The van der Waals surface area contributed by atoms with Crippen molar-refractivity contribution in [3.8, 4) is 5.88 Å². The first-order valence-electron chi connectivity index (χ1n) is 6.13. The number of hydrogen-bond acceptors (Lipinski definition) is 6. The van der Waals surface area contributed by atoms with Gasteiger partial charge in [0.1, 0.15) is 10.6 Å². The van der Waals surface area contributed by atoms with Crippen LogP contribution in [0.25, 0.3) is 0 Å². The molecule has 3 N–H and O–H groups in total. The van der Waals surface area contributed by atoms with Crippen LogP contribution in [0.2, 0.25) is 0 Å². The SMILES string of the molecule is Cc1nc(N)sc1C(=O)Nc1cccnc1OC(C)C. The van der Waals surface area contributed by atoms with Gasteiger partial charge in [0.2, 0.25) is 5.88 Å². The number of anilines is 2. The first kappa shape index (κ1) is 14.3. The lowest BCUT2D eigenvalue weighted by molar-refractivity contribution is 0.102. The van der Waals surface area contributed by atoms with Crippen molar-refractivity contribution in [2.75, 3.05) is 11.1 Å². The minimum Gasteiger partial charge on any atom is -0.473 e. The molecule has 20 heavy (non-hydrogen) atoms. The molecule has 0 spiro atoms. The van der Waals surface area contributed by atoms with Gasteiger partial charge in [0.15, 0.2) is 5.13 Å². The number of nitrogen functional groups attached to an aromatic ring is 1. The molecule has 0 saturated heterocycles. The lowest BCUT2D eigenvalue weighted by atomic mass is 10.3. The van der Waals surface area contributed by atoms with E-state index in [0.717, 1.165) is 11.3 Å². The molecule has 2 heterocycles. The van der Waals surface area contributed by atoms with Gasteiger partial charge >= 0.3 is 0 Å². The summed E-state index contributed by atoms with van der Waals surface area (Å²) in [7, 11) is 0. The average molecular weight is 292 g/mol. The number of hydrogen-bond donors (Lipinski definition) is 2. The summed E-state index contributed by atoms with van der Waals surface area (Å²) in [6.07, 6.45) is 1.59. The quantitative estimate of drug-likeness (QED) is 0.903. The fraction of sp³-hybridized carbons (Fsp3) is 0.308. The van der Waals surface area contributed by atoms with E-state index in [1.807, 2.05) is 13.8 Å². The Morgan fingerprint density at radius 2 is 2.25 bits per heavy atom. The van der Waals surface area contributed by atoms with Gasteiger partial charge in [0.05, 0.1) is 11.8 Å². The Morgan fingerprint density at radius 3 is 2.85 bits per heavy atom. The molecule has 6 nitrogen and oxygen atoms in total. The number of thiazole rings is 1. The van der Waals surface area contributed by atoms with Crippen LogP contribution in [-0.4, -0.2) is 22.0 Å². The van der Waals surface area contributed by atoms with E-state index in [1.165, 1.54) is 0 Å². The van der Waals surface area contributed by atoms with Crippen LogP contribution in [0.5, 0.6) is 5.88 Å². The zero-order chi connectivity index (χ0) is 14.7. The first-order chi connectivity index (χ1) is 9.47. The number of carbonyl (C=O) groups excluding carboxylic acids is 1. The van der Waals surface area contributed by atoms with Gasteiger partial charge in [-0.15, -0.1) is 0 Å². The molecular formula is C13H16N4O2S. The fourth-order valence-electron chi connectivity index (χ4n) is 1.61. The van der Waals surface area contributed by atoms with Gasteiger partial charge in [0, 0.05) is 6.20 Å². The zero-order valence-corrected chi connectivity index (χ0v) is 12.3. The number of ether oxygens (including phenoxy) is 1. The van der Waals surface area contributed by atoms with Crippen LogP contribution in [0.1, 0.15) is 29.2 Å². The number of pyridine rings is 1. The van der Waals surface area contributed by atoms with E-state index >= 15 is 0 Å². The van der Waals surface area contributed by atoms with Crippen molar-refractivity contribution >= 4 is 28.1 Å². The van der Waals surface area contributed by atoms with Crippen molar-refractivity contribution in [2.45, 2.75) is 26.9 Å². The molecule has 0 fully saturated rings. The van der Waals surface area contributed by atoms with Gasteiger partial charge in [-0.05, 0) is 32.9 Å². The van der Waals surface area contributed by atoms with Crippen molar-refractivity contribution in [2.24, 2.45) is 0 Å². The molecule has 0 atom stereocenters. The highest BCUT2D eigenvalue weighted by molar-refractivity contribution is 7.17. The Morgan fingerprint density at radius 1 is 1.50 bits per heavy atom. The van der Waals surface area contributed by atoms with Gasteiger partial charge < -0.3 is 15.8 Å². The molecule has 0 radical (unpaired) electrons. The summed E-state index contributed by atoms with van der Waals surface area (Å²) in [6.45, 7) is 5.54. The maximum Gasteiger partial charge on any atom is 0.267 e. The second-order valence-corrected chi connectivity index (χ2v) is 5.47. The third-order valence-electron chi connectivity index (χ3n) is 2.39. The van der Waals surface area contributed by atoms with Gasteiger partial charge in [-0.3, -0.25) is 4.79 Å². The molecule has 0 saturated carbocycles. The Labute approximate surface area is 121 Å². The summed E-state index contributed by atoms with van der Waals surface area (Å²) in [5.74, 6) is 0.129. The molecule has 0 aromatic carbocycles. The van der Waals surface area contributed by atoms with E-state index in [-0.39, 0.29) is 12.0 Å². The number of aromatic nitrogens is 2. The summed E-state index contributed by atoms with van der Waals surface area (Å²) >= 11 is 1.15. The monoisotopic (exact) mass is 292 g/mol. The number of rotatable bonds is 4. The van der Waals surface area contributed by atoms with E-state index in [1.54, 1.807) is 25.3 Å². The van der Waals surface area contributed by atoms with Crippen LogP contribution in [-0.2, 0) is 0 Å². The summed E-state index contributed by atoms with van der Waals surface area (Å²) in [6, 6.07) is 3.47. The summed E-state index contributed by atoms with van der Waals surface area (Å²) in [5, 5.41) is 3.15. The maximum absolute atomic E-state index is 12.2. The van der Waals surface area contributed by atoms with Crippen LogP contribution in [0, 0.1) is 6.92 Å². The van der Waals surface area contributed by atoms with E-state index < -0.39 is 0 Å². The molecule has 7 heteroatoms. The lowest BCUT2D eigenvalue weighted by Crippen LogP contribution is -2.15. The predicted molar refractivity (Wildman–Crippen MR) is 79.2 cm³/mol. The molecule has 2 rings (SSSR count). The van der Waals surface area contributed by atoms with Crippen molar-refractivity contribution in [3.05, 3.63) is 28.9 Å². The van der Waals surface area contributed by atoms with Crippen LogP contribution in [0.3, 0.4) is 0 Å². The molecule has 0 bridgehead atoms. The molecule has 0 aliphatic heterocycles. The number of amides is 1. The molecule has 106 valence electrons. The second kappa shape index (κ2) is 5.87. The molecular weight excluding hydrogens is 276 g/mol. The minimum absolute atomic E-state index is 0.0265. The highest BCUT2D eigenvalue weighted by Gasteiger charge is 2.16. The van der Waals surface area contributed by atoms with Crippen molar-refractivity contribution < 1.29 is 9.53 Å². The number of aryl methyl sites for hydroxylation is 1. The molecule has 0 aliphatic rings. The normalized spacial score (nSPS) is 10.6. The van der Waals surface area contributed by atoms with Crippen LogP contribution in [0.4, 0.5) is 10.8 Å². The van der Waals surface area contributed by atoms with Gasteiger partial charge in [-0.1, -0.05) is 11.3 Å². The standard InChI is InChI=1S/C13H16N4O2S/c1-7(2)19-12-9(5-4-6-15-12)17-11(18)10-8(3)16-13(14)20-10/h4-7H,1-3H3,(H2,14,16)(H,17,18). The third-order valence-corrected chi connectivity index (χ3v) is 3.37. The highest BCUT2D eigenvalue weighted by Crippen LogP contribution is 2.25. The van der Waals surface area contributed by atoms with Crippen molar-refractivity contribution in [1.82, 2.24) is 9.97 Å². The minimum atomic E-state index is -0.265. The first-order valence-corrected chi connectivity index (χ1v) is 6.95. The average Bonchev–Trinajstić information content (AvgIpc) is 2.70. The fourth-order valence-corrected chi connectivity index (χ4v) is 2.34. The van der Waals surface area contributed by atoms with E-state index in [9.17, 15) is 4.79 Å². The summed E-state index contributed by atoms with van der Waals surface area (Å²) < 4.78 is 5.55. The van der Waals surface area contributed by atoms with Crippen LogP contribution >= 0.6 is 11.3 Å². The summed E-state index contributed by atoms with van der Waals surface area (Å²) in [4.78, 5) is 20.8. The van der Waals surface area contributed by atoms with E-state index in [0.29, 0.717) is 27.3 Å². The molecule has 2 aromatic rings. The smallest absolute Gasteiger partial charge is 0.267 e. The largest absolute Gasteiger partial charge is 0.473 e. The Hall–Kier alpha value is -2.15. The number of carbonyl (C=O) groups is 1. The molecule has 2 aromatic heterocycles. The van der Waals surface area contributed by atoms with Gasteiger partial charge in [0.25, 0.3) is 5.91 Å². The predicted octanol–water partition coefficient (Wildman–Crippen LogP) is 2.47. The van der Waals surface area contributed by atoms with Crippen LogP contribution < -0.4 is 15.8 Å². The summed E-state index contributed by atoms with van der Waals surface area (Å²) in [5.41, 5.74) is 6.73. The van der Waals surface area contributed by atoms with Crippen LogP contribution in [0.15, 0.2) is 18.3 Å². The second-order valence-electron chi connectivity index (χ2n) is 4.44. The Kier molecular flexibility index (Phi) is 4.19. The van der Waals surface area contributed by atoms with Crippen molar-refractivity contribution in [1.29, 1.82) is 0 Å². The maximum atomic E-state index is 12.2. The topological polar surface area (TPSA) is 90.1 Å². The van der Waals surface area contributed by atoms with Gasteiger partial charge in [-0.25, -0.2) is 9.97 Å². The molecule has 0 unspecified atom stereocenters. The zero-order valence-electron chi connectivity index (χ0n) is 11.5. The Bertz CT molecular complexity index is 625. The number of nitrogens with one attached hydrogen (secondary N) is 1. The third kappa shape index (κ3) is 3.24. The van der Waals surface area contributed by atoms with Crippen molar-refractivity contribution in [3.63, 3.8) is 0 Å². The number of nitrogens with two attached hydrogens (primary N) is 1. The molecule has 1 amide bonds. The van der Waals surface area contributed by atoms with Gasteiger partial charge in [-0.2, -0.15) is 0 Å². The highest BCUT2D eigenvalue weighted by atomic mass is 32.1. The Balaban J connectivity index is 2.22. The lowest BCUT2D eigenvalue weighted by Gasteiger charge is -2.13.